The molecule has 1 saturated heterocycles. The predicted octanol–water partition coefficient (Wildman–Crippen LogP) is 0.402. The molecule has 4 atom stereocenters. The van der Waals surface area contributed by atoms with Gasteiger partial charge in [0.25, 0.3) is 0 Å². The van der Waals surface area contributed by atoms with Crippen LogP contribution in [0, 0.1) is 0 Å². The van der Waals surface area contributed by atoms with Gasteiger partial charge in [0.05, 0.1) is 19.5 Å². The van der Waals surface area contributed by atoms with Crippen LogP contribution in [0.3, 0.4) is 0 Å². The van der Waals surface area contributed by atoms with E-state index in [1.165, 1.54) is 7.11 Å². The molecule has 0 aromatic carbocycles. The number of aromatic nitrogens is 4. The maximum absolute atomic E-state index is 10.6. The van der Waals surface area contributed by atoms with Crippen LogP contribution in [0.15, 0.2) is 6.33 Å². The molecule has 1 aliphatic carbocycles. The number of imidazole rings is 1. The van der Waals surface area contributed by atoms with E-state index >= 15 is 0 Å². The van der Waals surface area contributed by atoms with Crippen LogP contribution in [0.4, 0.5) is 5.82 Å². The van der Waals surface area contributed by atoms with Gasteiger partial charge in [-0.1, -0.05) is 11.9 Å². The van der Waals surface area contributed by atoms with E-state index < -0.39 is 24.5 Å². The summed E-state index contributed by atoms with van der Waals surface area (Å²) in [5.74, 6) is 1.24. The molecule has 11 nitrogen and oxygen atoms in total. The molecule has 178 valence electrons. The van der Waals surface area contributed by atoms with Crippen LogP contribution in [0.2, 0.25) is 0 Å². The van der Waals surface area contributed by atoms with Gasteiger partial charge in [0.1, 0.15) is 24.1 Å². The smallest absolute Gasteiger partial charge is 0.168 e. The monoisotopic (exact) mass is 467 g/mol. The van der Waals surface area contributed by atoms with Gasteiger partial charge in [-0.3, -0.25) is 9.29 Å². The van der Waals surface area contributed by atoms with E-state index in [2.05, 4.69) is 31.6 Å². The molecule has 1 saturated carbocycles. The minimum Gasteiger partial charge on any atom is -0.387 e. The summed E-state index contributed by atoms with van der Waals surface area (Å²) in [5.41, 5.74) is 1.13. The first-order valence-corrected chi connectivity index (χ1v) is 12.2. The molecule has 0 spiro atoms. The van der Waals surface area contributed by atoms with Crippen LogP contribution in [0.1, 0.15) is 37.7 Å². The summed E-state index contributed by atoms with van der Waals surface area (Å²) in [7, 11) is 3.32. The average Bonchev–Trinajstić information content (AvgIpc) is 3.35. The number of nitrogens with one attached hydrogen (secondary N) is 3. The first-order chi connectivity index (χ1) is 15.5. The van der Waals surface area contributed by atoms with Gasteiger partial charge in [-0.25, -0.2) is 15.0 Å². The van der Waals surface area contributed by atoms with Crippen molar-refractivity contribution in [2.24, 2.45) is 0 Å². The number of methoxy groups -OCH3 is 1. The predicted molar refractivity (Wildman–Crippen MR) is 122 cm³/mol. The molecule has 0 amide bonds. The second kappa shape index (κ2) is 10.6. The fraction of sp³-hybridized carbons (Fsp3) is 0.750. The zero-order valence-corrected chi connectivity index (χ0v) is 19.5. The maximum atomic E-state index is 10.6. The third kappa shape index (κ3) is 4.86. The standard InChI is InChI=1S/C20H33N7O4S/c1-21-18-15-19(27(10-23-15)20-17(29)16(28)13(31-20)9-30-2)25-14(24-18)8-22-11-4-6-12(7-5-11)26-32-3/h10-13,16-17,20,22,26,28-29H,4-9H2,1-3H3,(H,21,24,25)/t11?,12?,13-,16-,17-,20-/m1/s1. The molecule has 3 heterocycles. The number of ether oxygens (including phenoxy) is 2. The van der Waals surface area contributed by atoms with Crippen LogP contribution < -0.4 is 15.4 Å². The number of hydrogen-bond donors (Lipinski definition) is 5. The van der Waals surface area contributed by atoms with Gasteiger partial charge in [0.15, 0.2) is 23.2 Å². The van der Waals surface area contributed by atoms with Crippen molar-refractivity contribution in [3.05, 3.63) is 12.2 Å². The Hall–Kier alpha value is -1.54. The number of aliphatic hydroxyl groups excluding tert-OH is 2. The van der Waals surface area contributed by atoms with E-state index in [-0.39, 0.29) is 6.61 Å². The Morgan fingerprint density at radius 1 is 1.19 bits per heavy atom. The number of rotatable bonds is 9. The molecule has 4 rings (SSSR count). The minimum absolute atomic E-state index is 0.183. The van der Waals surface area contributed by atoms with Crippen molar-refractivity contribution in [2.75, 3.05) is 32.3 Å². The first-order valence-electron chi connectivity index (χ1n) is 11.0. The zero-order chi connectivity index (χ0) is 22.7. The second-order valence-electron chi connectivity index (χ2n) is 8.32. The van der Waals surface area contributed by atoms with E-state index in [0.29, 0.717) is 41.4 Å². The van der Waals surface area contributed by atoms with E-state index in [1.54, 1.807) is 29.9 Å². The normalized spacial score (nSPS) is 30.8. The summed E-state index contributed by atoms with van der Waals surface area (Å²) in [6.07, 6.45) is 4.53. The molecular weight excluding hydrogens is 434 g/mol. The number of nitrogens with zero attached hydrogens (tertiary/aromatic N) is 4. The lowest BCUT2D eigenvalue weighted by Gasteiger charge is -2.29. The van der Waals surface area contributed by atoms with Crippen LogP contribution in [0.5, 0.6) is 0 Å². The van der Waals surface area contributed by atoms with E-state index in [1.807, 2.05) is 0 Å². The Morgan fingerprint density at radius 2 is 1.94 bits per heavy atom. The third-order valence-electron chi connectivity index (χ3n) is 6.21. The van der Waals surface area contributed by atoms with Crippen LogP contribution >= 0.6 is 11.9 Å². The number of anilines is 1. The first kappa shape index (κ1) is 23.6. The highest BCUT2D eigenvalue weighted by molar-refractivity contribution is 7.96. The minimum atomic E-state index is -1.12. The van der Waals surface area contributed by atoms with Gasteiger partial charge in [-0.15, -0.1) is 0 Å². The Balaban J connectivity index is 1.50. The molecule has 2 aromatic heterocycles. The van der Waals surface area contributed by atoms with E-state index in [4.69, 9.17) is 14.5 Å². The van der Waals surface area contributed by atoms with Crippen LogP contribution in [-0.4, -0.2) is 87.1 Å². The van der Waals surface area contributed by atoms with Crippen molar-refractivity contribution in [3.8, 4) is 0 Å². The van der Waals surface area contributed by atoms with Gasteiger partial charge in [0, 0.05) is 26.2 Å². The molecule has 2 aliphatic rings. The fourth-order valence-electron chi connectivity index (χ4n) is 4.48. The molecule has 0 radical (unpaired) electrons. The maximum Gasteiger partial charge on any atom is 0.168 e. The SMILES string of the molecule is CNc1nc(CNC2CCC(NSC)CC2)nc2c1ncn2[C@@H]1O[C@H](COC)[C@@H](O)[C@H]1O. The van der Waals surface area contributed by atoms with Gasteiger partial charge < -0.3 is 30.3 Å². The third-order valence-corrected chi connectivity index (χ3v) is 6.78. The summed E-state index contributed by atoms with van der Waals surface area (Å²) >= 11 is 1.68. The lowest BCUT2D eigenvalue weighted by atomic mass is 9.92. The highest BCUT2D eigenvalue weighted by atomic mass is 32.2. The lowest BCUT2D eigenvalue weighted by Crippen LogP contribution is -2.38. The van der Waals surface area contributed by atoms with Gasteiger partial charge in [-0.05, 0) is 31.9 Å². The number of fused-ring (bicyclic) bond motifs is 1. The molecule has 0 unspecified atom stereocenters. The Bertz CT molecular complexity index is 892. The highest BCUT2D eigenvalue weighted by Crippen LogP contribution is 2.32. The van der Waals surface area contributed by atoms with E-state index in [9.17, 15) is 10.2 Å². The number of hydrogen-bond acceptors (Lipinski definition) is 11. The fourth-order valence-corrected chi connectivity index (χ4v) is 5.05. The summed E-state index contributed by atoms with van der Waals surface area (Å²) in [4.78, 5) is 13.8. The topological polar surface area (TPSA) is 139 Å². The van der Waals surface area contributed by atoms with Crippen molar-refractivity contribution in [3.63, 3.8) is 0 Å². The largest absolute Gasteiger partial charge is 0.387 e. The lowest BCUT2D eigenvalue weighted by molar-refractivity contribution is -0.0580. The molecular formula is C20H33N7O4S. The summed E-state index contributed by atoms with van der Waals surface area (Å²) in [6.45, 7) is 0.714. The van der Waals surface area contributed by atoms with Crippen molar-refractivity contribution in [1.82, 2.24) is 29.6 Å². The molecule has 1 aliphatic heterocycles. The molecule has 2 fully saturated rings. The van der Waals surface area contributed by atoms with Crippen molar-refractivity contribution in [1.29, 1.82) is 0 Å². The molecule has 12 heteroatoms. The second-order valence-corrected chi connectivity index (χ2v) is 8.96. The van der Waals surface area contributed by atoms with Crippen molar-refractivity contribution in [2.45, 2.75) is 68.9 Å². The van der Waals surface area contributed by atoms with Crippen LogP contribution in [-0.2, 0) is 16.0 Å². The number of aliphatic hydroxyl groups is 2. The molecule has 32 heavy (non-hydrogen) atoms. The quantitative estimate of drug-likeness (QED) is 0.328. The van der Waals surface area contributed by atoms with Crippen molar-refractivity contribution < 1.29 is 19.7 Å². The van der Waals surface area contributed by atoms with Crippen molar-refractivity contribution >= 4 is 28.9 Å². The zero-order valence-electron chi connectivity index (χ0n) is 18.7. The molecule has 0 bridgehead atoms. The van der Waals surface area contributed by atoms with Gasteiger partial charge >= 0.3 is 0 Å². The van der Waals surface area contributed by atoms with Crippen LogP contribution in [0.25, 0.3) is 11.2 Å². The Labute approximate surface area is 191 Å². The Kier molecular flexibility index (Phi) is 7.82. The molecule has 5 N–H and O–H groups in total. The van der Waals surface area contributed by atoms with Gasteiger partial charge in [0.2, 0.25) is 0 Å². The molecule has 2 aromatic rings. The van der Waals surface area contributed by atoms with Gasteiger partial charge in [-0.2, -0.15) is 0 Å². The summed E-state index contributed by atoms with van der Waals surface area (Å²) in [5, 5.41) is 27.5. The summed E-state index contributed by atoms with van der Waals surface area (Å²) in [6, 6.07) is 1.01. The van der Waals surface area contributed by atoms with E-state index in [0.717, 1.165) is 25.7 Å². The average molecular weight is 468 g/mol. The highest BCUT2D eigenvalue weighted by Gasteiger charge is 2.44. The Morgan fingerprint density at radius 3 is 2.62 bits per heavy atom. The summed E-state index contributed by atoms with van der Waals surface area (Å²) < 4.78 is 16.1.